The van der Waals surface area contributed by atoms with Crippen LogP contribution in [0.25, 0.3) is 16.6 Å². The summed E-state index contributed by atoms with van der Waals surface area (Å²) in [5, 5.41) is 13.3. The zero-order valence-corrected chi connectivity index (χ0v) is 19.5. The Morgan fingerprint density at radius 1 is 1.15 bits per heavy atom. The Hall–Kier alpha value is -3.60. The van der Waals surface area contributed by atoms with Crippen LogP contribution in [-0.4, -0.2) is 21.2 Å². The molecule has 1 N–H and O–H groups in total. The van der Waals surface area contributed by atoms with Crippen molar-refractivity contribution in [2.24, 2.45) is 0 Å². The number of amides is 1. The first-order valence-corrected chi connectivity index (χ1v) is 11.5. The van der Waals surface area contributed by atoms with Gasteiger partial charge in [-0.2, -0.15) is 5.26 Å². The van der Waals surface area contributed by atoms with E-state index in [4.69, 9.17) is 11.6 Å². The van der Waals surface area contributed by atoms with Gasteiger partial charge in [0.05, 0.1) is 33.6 Å². The number of aromatic nitrogens is 2. The fraction of sp³-hybridized carbons (Fsp3) is 0.120. The van der Waals surface area contributed by atoms with Crippen molar-refractivity contribution in [1.82, 2.24) is 9.55 Å². The molecule has 0 aliphatic heterocycles. The summed E-state index contributed by atoms with van der Waals surface area (Å²) in [4.78, 5) is 30.8. The molecule has 0 saturated heterocycles. The zero-order valence-electron chi connectivity index (χ0n) is 17.9. The number of para-hydroxylation sites is 1. The van der Waals surface area contributed by atoms with E-state index in [1.165, 1.54) is 6.07 Å². The van der Waals surface area contributed by atoms with Gasteiger partial charge in [0.25, 0.3) is 5.56 Å². The molecule has 33 heavy (non-hydrogen) atoms. The van der Waals surface area contributed by atoms with E-state index >= 15 is 0 Å². The van der Waals surface area contributed by atoms with Gasteiger partial charge in [-0.15, -0.1) is 0 Å². The third-order valence-corrected chi connectivity index (χ3v) is 6.44. The summed E-state index contributed by atoms with van der Waals surface area (Å²) in [6.07, 6.45) is 0. The summed E-state index contributed by atoms with van der Waals surface area (Å²) in [7, 11) is 0. The molecule has 1 heterocycles. The van der Waals surface area contributed by atoms with Crippen LogP contribution in [0, 0.1) is 25.2 Å². The topological polar surface area (TPSA) is 87.8 Å². The summed E-state index contributed by atoms with van der Waals surface area (Å²) >= 11 is 7.16. The average Bonchev–Trinajstić information content (AvgIpc) is 2.80. The number of aryl methyl sites for hydroxylation is 1. The van der Waals surface area contributed by atoms with E-state index in [0.29, 0.717) is 32.3 Å². The molecule has 3 aromatic carbocycles. The Balaban J connectivity index is 1.71. The van der Waals surface area contributed by atoms with Crippen molar-refractivity contribution in [1.29, 1.82) is 5.26 Å². The van der Waals surface area contributed by atoms with Crippen molar-refractivity contribution in [3.8, 4) is 11.8 Å². The van der Waals surface area contributed by atoms with Crippen molar-refractivity contribution in [3.63, 3.8) is 0 Å². The summed E-state index contributed by atoms with van der Waals surface area (Å²) in [5.41, 5.74) is 3.75. The standard InChI is InChI=1S/C25H19ClN4O2S/c1-15-6-5-9-22(16(15)2)30-24(32)19-7-3-4-8-20(19)29-25(30)33-14-23(31)28-21-12-18(26)11-10-17(21)13-27/h3-12H,14H2,1-2H3,(H,28,31). The first-order valence-electron chi connectivity index (χ1n) is 10.1. The number of hydrogen-bond acceptors (Lipinski definition) is 5. The number of benzene rings is 3. The number of nitrogens with one attached hydrogen (secondary N) is 1. The number of halogens is 1. The lowest BCUT2D eigenvalue weighted by Crippen LogP contribution is -2.23. The lowest BCUT2D eigenvalue weighted by Gasteiger charge is -2.16. The molecule has 0 aliphatic carbocycles. The summed E-state index contributed by atoms with van der Waals surface area (Å²) < 4.78 is 1.56. The average molecular weight is 475 g/mol. The van der Waals surface area contributed by atoms with E-state index in [2.05, 4.69) is 10.3 Å². The molecule has 0 spiro atoms. The molecule has 0 saturated carbocycles. The molecule has 0 fully saturated rings. The first-order chi connectivity index (χ1) is 15.9. The fourth-order valence-electron chi connectivity index (χ4n) is 3.43. The molecule has 0 unspecified atom stereocenters. The molecule has 6 nitrogen and oxygen atoms in total. The van der Waals surface area contributed by atoms with Gasteiger partial charge in [-0.3, -0.25) is 14.2 Å². The highest BCUT2D eigenvalue weighted by Gasteiger charge is 2.17. The smallest absolute Gasteiger partial charge is 0.266 e. The Labute approximate surface area is 199 Å². The SMILES string of the molecule is Cc1cccc(-n2c(SCC(=O)Nc3cc(Cl)ccc3C#N)nc3ccccc3c2=O)c1C. The number of carbonyl (C=O) groups is 1. The van der Waals surface area contributed by atoms with Crippen molar-refractivity contribution < 1.29 is 4.79 Å². The molecular weight excluding hydrogens is 456 g/mol. The minimum atomic E-state index is -0.339. The molecule has 164 valence electrons. The quantitative estimate of drug-likeness (QED) is 0.315. The molecule has 0 bridgehead atoms. The lowest BCUT2D eigenvalue weighted by atomic mass is 10.1. The number of anilines is 1. The van der Waals surface area contributed by atoms with E-state index in [1.54, 1.807) is 34.9 Å². The summed E-state index contributed by atoms with van der Waals surface area (Å²) in [6.45, 7) is 3.94. The minimum absolute atomic E-state index is 0.00692. The van der Waals surface area contributed by atoms with Gasteiger partial charge in [0.1, 0.15) is 6.07 Å². The van der Waals surface area contributed by atoms with Crippen LogP contribution in [0.2, 0.25) is 5.02 Å². The molecular formula is C25H19ClN4O2S. The minimum Gasteiger partial charge on any atom is -0.324 e. The van der Waals surface area contributed by atoms with E-state index in [9.17, 15) is 14.9 Å². The maximum absolute atomic E-state index is 13.4. The van der Waals surface area contributed by atoms with Crippen LogP contribution < -0.4 is 10.9 Å². The first kappa shape index (κ1) is 22.6. The third kappa shape index (κ3) is 4.63. The van der Waals surface area contributed by atoms with Crippen LogP contribution >= 0.6 is 23.4 Å². The molecule has 0 radical (unpaired) electrons. The zero-order chi connectivity index (χ0) is 23.5. The van der Waals surface area contributed by atoms with E-state index in [-0.39, 0.29) is 17.2 Å². The van der Waals surface area contributed by atoms with Crippen molar-refractivity contribution in [3.05, 3.63) is 92.7 Å². The summed E-state index contributed by atoms with van der Waals surface area (Å²) in [5.74, 6) is -0.346. The predicted molar refractivity (Wildman–Crippen MR) is 132 cm³/mol. The second kappa shape index (κ2) is 9.49. The Morgan fingerprint density at radius 3 is 2.73 bits per heavy atom. The van der Waals surface area contributed by atoms with Gasteiger partial charge in [0, 0.05) is 5.02 Å². The number of nitriles is 1. The molecule has 4 rings (SSSR count). The Bertz CT molecular complexity index is 1490. The highest BCUT2D eigenvalue weighted by Crippen LogP contribution is 2.25. The van der Waals surface area contributed by atoms with Crippen LogP contribution in [0.15, 0.2) is 70.6 Å². The summed E-state index contributed by atoms with van der Waals surface area (Å²) in [6, 6.07) is 19.6. The second-order valence-electron chi connectivity index (χ2n) is 7.41. The van der Waals surface area contributed by atoms with Gasteiger partial charge in [0.15, 0.2) is 5.16 Å². The fourth-order valence-corrected chi connectivity index (χ4v) is 4.41. The van der Waals surface area contributed by atoms with Crippen LogP contribution in [0.5, 0.6) is 0 Å². The molecule has 8 heteroatoms. The number of hydrogen-bond donors (Lipinski definition) is 1. The molecule has 1 aromatic heterocycles. The molecule has 0 atom stereocenters. The van der Waals surface area contributed by atoms with Crippen molar-refractivity contribution >= 4 is 45.9 Å². The second-order valence-corrected chi connectivity index (χ2v) is 8.79. The number of carbonyl (C=O) groups excluding carboxylic acids is 1. The number of rotatable bonds is 5. The van der Waals surface area contributed by atoms with Crippen LogP contribution in [0.4, 0.5) is 5.69 Å². The van der Waals surface area contributed by atoms with Crippen molar-refractivity contribution in [2.75, 3.05) is 11.1 Å². The highest BCUT2D eigenvalue weighted by atomic mass is 35.5. The number of fused-ring (bicyclic) bond motifs is 1. The highest BCUT2D eigenvalue weighted by molar-refractivity contribution is 7.99. The molecule has 1 amide bonds. The van der Waals surface area contributed by atoms with E-state index in [1.807, 2.05) is 44.2 Å². The maximum atomic E-state index is 13.4. The third-order valence-electron chi connectivity index (χ3n) is 5.27. The normalized spacial score (nSPS) is 10.7. The van der Waals surface area contributed by atoms with E-state index < -0.39 is 0 Å². The number of thioether (sulfide) groups is 1. The van der Waals surface area contributed by atoms with Gasteiger partial charge < -0.3 is 5.32 Å². The van der Waals surface area contributed by atoms with Crippen LogP contribution in [0.1, 0.15) is 16.7 Å². The van der Waals surface area contributed by atoms with Gasteiger partial charge >= 0.3 is 0 Å². The van der Waals surface area contributed by atoms with Gasteiger partial charge in [-0.05, 0) is 61.4 Å². The Morgan fingerprint density at radius 2 is 1.94 bits per heavy atom. The van der Waals surface area contributed by atoms with Gasteiger partial charge in [-0.25, -0.2) is 4.98 Å². The van der Waals surface area contributed by atoms with E-state index in [0.717, 1.165) is 28.6 Å². The van der Waals surface area contributed by atoms with Gasteiger partial charge in [-0.1, -0.05) is 47.6 Å². The van der Waals surface area contributed by atoms with Gasteiger partial charge in [0.2, 0.25) is 5.91 Å². The largest absolute Gasteiger partial charge is 0.324 e. The van der Waals surface area contributed by atoms with Crippen LogP contribution in [0.3, 0.4) is 0 Å². The molecule has 4 aromatic rings. The predicted octanol–water partition coefficient (Wildman–Crippen LogP) is 5.26. The Kier molecular flexibility index (Phi) is 6.50. The number of nitrogens with zero attached hydrogens (tertiary/aromatic N) is 3. The monoisotopic (exact) mass is 474 g/mol. The lowest BCUT2D eigenvalue weighted by molar-refractivity contribution is -0.113. The maximum Gasteiger partial charge on any atom is 0.266 e. The van der Waals surface area contributed by atoms with Crippen molar-refractivity contribution in [2.45, 2.75) is 19.0 Å². The van der Waals surface area contributed by atoms with Crippen LogP contribution in [-0.2, 0) is 4.79 Å². The molecule has 0 aliphatic rings.